The zero-order valence-electron chi connectivity index (χ0n) is 11.1. The van der Waals surface area contributed by atoms with E-state index < -0.39 is 24.5 Å². The second-order valence-electron chi connectivity index (χ2n) is 5.92. The van der Waals surface area contributed by atoms with Crippen LogP contribution in [0.1, 0.15) is 20.8 Å². The van der Waals surface area contributed by atoms with E-state index in [1.807, 2.05) is 0 Å². The van der Waals surface area contributed by atoms with Gasteiger partial charge >= 0.3 is 64.5 Å². The van der Waals surface area contributed by atoms with E-state index in [9.17, 15) is 17.7 Å². The van der Waals surface area contributed by atoms with Gasteiger partial charge in [-0.05, 0) is 32.6 Å². The molecule has 2 fully saturated rings. The van der Waals surface area contributed by atoms with Gasteiger partial charge in [-0.1, -0.05) is 5.82 Å². The van der Waals surface area contributed by atoms with Crippen LogP contribution in [-0.2, 0) is 4.74 Å². The molecule has 1 saturated heterocycles. The molecule has 0 radical (unpaired) electrons. The number of nitrogens with zero attached hydrogens (tertiary/aromatic N) is 1. The van der Waals surface area contributed by atoms with Crippen molar-refractivity contribution in [3.05, 3.63) is 0 Å². The number of halogens is 3. The Morgan fingerprint density at radius 2 is 1.67 bits per heavy atom. The third kappa shape index (κ3) is 3.65. The van der Waals surface area contributed by atoms with Crippen molar-refractivity contribution in [1.29, 1.82) is 0 Å². The summed E-state index contributed by atoms with van der Waals surface area (Å²) in [5.41, 5.74) is -0.600. The van der Waals surface area contributed by atoms with Crippen LogP contribution in [0.3, 0.4) is 0 Å². The molecule has 2 aliphatic rings. The van der Waals surface area contributed by atoms with Crippen molar-refractivity contribution in [2.45, 2.75) is 32.2 Å². The summed E-state index contributed by atoms with van der Waals surface area (Å²) in [5, 5.41) is 0. The van der Waals surface area contributed by atoms with E-state index in [2.05, 4.69) is 0 Å². The molecular formula is C10H16BF3KNO2. The first-order chi connectivity index (χ1) is 7.59. The van der Waals surface area contributed by atoms with Crippen LogP contribution >= 0.6 is 0 Å². The molecule has 0 aromatic rings. The van der Waals surface area contributed by atoms with Gasteiger partial charge in [0, 0.05) is 13.1 Å². The van der Waals surface area contributed by atoms with Crippen LogP contribution in [0.4, 0.5) is 17.7 Å². The Morgan fingerprint density at radius 1 is 1.22 bits per heavy atom. The van der Waals surface area contributed by atoms with Gasteiger partial charge in [-0.2, -0.15) is 0 Å². The first-order valence-corrected chi connectivity index (χ1v) is 5.77. The quantitative estimate of drug-likeness (QED) is 0.621. The fourth-order valence-electron chi connectivity index (χ4n) is 2.61. The maximum atomic E-state index is 12.5. The molecule has 1 aliphatic carbocycles. The van der Waals surface area contributed by atoms with Gasteiger partial charge in [-0.15, -0.1) is 0 Å². The first-order valence-electron chi connectivity index (χ1n) is 5.77. The molecule has 1 heterocycles. The number of carbonyl (C=O) groups excluding carboxylic acids is 1. The Kier molecular flexibility index (Phi) is 4.93. The van der Waals surface area contributed by atoms with Crippen LogP contribution in [-0.4, -0.2) is 36.7 Å². The minimum atomic E-state index is -4.74. The second-order valence-corrected chi connectivity index (χ2v) is 5.92. The number of carbonyl (C=O) groups is 1. The number of hydrogen-bond acceptors (Lipinski definition) is 2. The normalized spacial score (nSPS) is 30.6. The molecule has 3 atom stereocenters. The number of fused-ring (bicyclic) bond motifs is 1. The molecule has 1 saturated carbocycles. The third-order valence-corrected chi connectivity index (χ3v) is 3.35. The van der Waals surface area contributed by atoms with Crippen LogP contribution in [0.25, 0.3) is 0 Å². The van der Waals surface area contributed by atoms with Gasteiger partial charge in [-0.25, -0.2) is 4.79 Å². The number of piperidine rings is 1. The molecule has 0 bridgehead atoms. The predicted octanol–water partition coefficient (Wildman–Crippen LogP) is -0.295. The zero-order chi connectivity index (χ0) is 13.0. The molecule has 18 heavy (non-hydrogen) atoms. The Hall–Kier alpha value is 0.761. The van der Waals surface area contributed by atoms with E-state index in [-0.39, 0.29) is 76.3 Å². The summed E-state index contributed by atoms with van der Waals surface area (Å²) >= 11 is 0. The van der Waals surface area contributed by atoms with Crippen LogP contribution < -0.4 is 51.4 Å². The minimum absolute atomic E-state index is 0. The van der Waals surface area contributed by atoms with Crippen molar-refractivity contribution in [3.63, 3.8) is 0 Å². The van der Waals surface area contributed by atoms with E-state index in [4.69, 9.17) is 4.74 Å². The summed E-state index contributed by atoms with van der Waals surface area (Å²) in [6.45, 7) is 0.847. The predicted molar refractivity (Wildman–Crippen MR) is 57.6 cm³/mol. The van der Waals surface area contributed by atoms with Gasteiger partial charge in [0.15, 0.2) is 0 Å². The Bertz CT molecular complexity index is 333. The van der Waals surface area contributed by atoms with E-state index in [0.717, 1.165) is 0 Å². The molecule has 0 spiro atoms. The van der Waals surface area contributed by atoms with Crippen molar-refractivity contribution in [2.24, 2.45) is 11.8 Å². The van der Waals surface area contributed by atoms with Crippen LogP contribution in [0.15, 0.2) is 0 Å². The second kappa shape index (κ2) is 5.27. The molecule has 2 rings (SSSR count). The molecule has 1 aliphatic heterocycles. The number of hydrogen-bond donors (Lipinski definition) is 0. The molecule has 3 nitrogen and oxygen atoms in total. The van der Waals surface area contributed by atoms with Gasteiger partial charge in [0.05, 0.1) is 0 Å². The number of likely N-dealkylation sites (tertiary alicyclic amines) is 1. The maximum absolute atomic E-state index is 12.5. The average molecular weight is 289 g/mol. The van der Waals surface area contributed by atoms with Gasteiger partial charge in [0.2, 0.25) is 0 Å². The van der Waals surface area contributed by atoms with E-state index in [1.54, 1.807) is 20.8 Å². The van der Waals surface area contributed by atoms with Gasteiger partial charge < -0.3 is 22.6 Å². The van der Waals surface area contributed by atoms with Crippen LogP contribution in [0.5, 0.6) is 0 Å². The molecular weight excluding hydrogens is 273 g/mol. The molecule has 0 aromatic carbocycles. The number of rotatable bonds is 1. The molecule has 0 aromatic heterocycles. The van der Waals surface area contributed by atoms with E-state index in [0.29, 0.717) is 0 Å². The van der Waals surface area contributed by atoms with Crippen molar-refractivity contribution < 1.29 is 73.9 Å². The molecule has 1 unspecified atom stereocenters. The Labute approximate surface area is 147 Å². The monoisotopic (exact) mass is 289 g/mol. The average Bonchev–Trinajstić information content (AvgIpc) is 2.61. The minimum Gasteiger partial charge on any atom is -0.449 e. The smallest absolute Gasteiger partial charge is 0.449 e. The van der Waals surface area contributed by atoms with Crippen molar-refractivity contribution >= 4 is 13.1 Å². The van der Waals surface area contributed by atoms with Crippen LogP contribution in [0, 0.1) is 11.8 Å². The summed E-state index contributed by atoms with van der Waals surface area (Å²) in [5.74, 6) is -1.92. The summed E-state index contributed by atoms with van der Waals surface area (Å²) < 4.78 is 42.6. The summed E-state index contributed by atoms with van der Waals surface area (Å²) in [6, 6.07) is 0. The first kappa shape index (κ1) is 16.8. The van der Waals surface area contributed by atoms with Crippen molar-refractivity contribution in [1.82, 2.24) is 4.90 Å². The van der Waals surface area contributed by atoms with Gasteiger partial charge in [-0.3, -0.25) is 0 Å². The van der Waals surface area contributed by atoms with Gasteiger partial charge in [0.25, 0.3) is 0 Å². The summed E-state index contributed by atoms with van der Waals surface area (Å²) in [7, 11) is 0. The SMILES string of the molecule is CC(C)(C)OC(=O)N1C[C@@H]2C([B-](F)(F)F)[C@@H]2C1.[K+]. The molecule has 0 N–H and O–H groups in total. The molecule has 98 valence electrons. The largest absolute Gasteiger partial charge is 1.00 e. The zero-order valence-corrected chi connectivity index (χ0v) is 14.2. The summed E-state index contributed by atoms with van der Waals surface area (Å²) in [6.07, 6.45) is -0.502. The van der Waals surface area contributed by atoms with E-state index >= 15 is 0 Å². The number of amides is 1. The third-order valence-electron chi connectivity index (χ3n) is 3.35. The number of ether oxygens (including phenoxy) is 1. The topological polar surface area (TPSA) is 29.5 Å². The fourth-order valence-corrected chi connectivity index (χ4v) is 2.61. The molecule has 1 amide bonds. The van der Waals surface area contributed by atoms with Crippen molar-refractivity contribution in [2.75, 3.05) is 13.1 Å². The Morgan fingerprint density at radius 3 is 2.00 bits per heavy atom. The maximum Gasteiger partial charge on any atom is 1.00 e. The molecule has 8 heteroatoms. The van der Waals surface area contributed by atoms with E-state index in [1.165, 1.54) is 4.90 Å². The van der Waals surface area contributed by atoms with Crippen LogP contribution in [0.2, 0.25) is 5.82 Å². The van der Waals surface area contributed by atoms with Crippen molar-refractivity contribution in [3.8, 4) is 0 Å². The standard InChI is InChI=1S/C10H16BF3NO2.K/c1-10(2,3)17-9(16)15-4-6-7(5-15)8(6)11(12,13)14;/h6-8H,4-5H2,1-3H3;/q-1;+1/t6-,7+,8?;. The summed E-state index contributed by atoms with van der Waals surface area (Å²) in [4.78, 5) is 13.0. The Balaban J connectivity index is 0.00000162. The van der Waals surface area contributed by atoms with Gasteiger partial charge in [0.1, 0.15) is 5.60 Å². The fraction of sp³-hybridized carbons (Fsp3) is 0.900.